The third-order valence-electron chi connectivity index (χ3n) is 5.68. The van der Waals surface area contributed by atoms with Gasteiger partial charge < -0.3 is 15.5 Å². The van der Waals surface area contributed by atoms with E-state index in [1.54, 1.807) is 6.08 Å². The summed E-state index contributed by atoms with van der Waals surface area (Å²) >= 11 is 0. The average Bonchev–Trinajstić information content (AvgIpc) is 2.77. The summed E-state index contributed by atoms with van der Waals surface area (Å²) in [6.07, 6.45) is 26.7. The van der Waals surface area contributed by atoms with Crippen molar-refractivity contribution in [3.63, 3.8) is 0 Å². The molecule has 0 aliphatic rings. The summed E-state index contributed by atoms with van der Waals surface area (Å²) in [5, 5.41) is 22.5. The molecule has 1 amide bonds. The van der Waals surface area contributed by atoms with Crippen LogP contribution in [0.25, 0.3) is 0 Å². The molecule has 0 aliphatic heterocycles. The number of hydrogen-bond acceptors (Lipinski definition) is 3. The van der Waals surface area contributed by atoms with Crippen molar-refractivity contribution in [1.29, 1.82) is 0 Å². The van der Waals surface area contributed by atoms with Crippen LogP contribution in [0, 0.1) is 0 Å². The fourth-order valence-electron chi connectivity index (χ4n) is 3.57. The molecule has 2 atom stereocenters. The molecule has 0 rings (SSSR count). The van der Waals surface area contributed by atoms with Crippen LogP contribution < -0.4 is 5.32 Å². The Hall–Kier alpha value is -1.13. The van der Waals surface area contributed by atoms with Gasteiger partial charge in [-0.25, -0.2) is 0 Å². The highest BCUT2D eigenvalue weighted by Crippen LogP contribution is 2.10. The van der Waals surface area contributed by atoms with E-state index in [1.165, 1.54) is 64.2 Å². The van der Waals surface area contributed by atoms with E-state index in [4.69, 9.17) is 0 Å². The molecule has 182 valence electrons. The van der Waals surface area contributed by atoms with E-state index in [0.29, 0.717) is 6.42 Å². The lowest BCUT2D eigenvalue weighted by Crippen LogP contribution is -2.45. The lowest BCUT2D eigenvalue weighted by Gasteiger charge is -2.20. The molecule has 3 N–H and O–H groups in total. The molecule has 0 saturated heterocycles. The molecule has 0 spiro atoms. The highest BCUT2D eigenvalue weighted by molar-refractivity contribution is 5.76. The number of amides is 1. The van der Waals surface area contributed by atoms with Crippen molar-refractivity contribution < 1.29 is 15.0 Å². The van der Waals surface area contributed by atoms with Gasteiger partial charge in [-0.2, -0.15) is 0 Å². The van der Waals surface area contributed by atoms with Crippen LogP contribution in [0.4, 0.5) is 0 Å². The molecule has 0 aromatic heterocycles. The zero-order chi connectivity index (χ0) is 23.0. The molecule has 4 nitrogen and oxygen atoms in total. The number of hydrogen-bond donors (Lipinski definition) is 3. The SMILES string of the molecule is CCCC/C=C\CCCCCCCC(=O)NC(CO)C(O)/C=C/CCCCCCCC. The Labute approximate surface area is 192 Å². The van der Waals surface area contributed by atoms with Gasteiger partial charge in [-0.3, -0.25) is 4.79 Å². The Balaban J connectivity index is 3.76. The molecule has 0 saturated carbocycles. The summed E-state index contributed by atoms with van der Waals surface area (Å²) < 4.78 is 0. The highest BCUT2D eigenvalue weighted by atomic mass is 16.3. The minimum atomic E-state index is -0.834. The zero-order valence-electron chi connectivity index (χ0n) is 20.5. The molecule has 0 radical (unpaired) electrons. The molecule has 2 unspecified atom stereocenters. The van der Waals surface area contributed by atoms with E-state index in [9.17, 15) is 15.0 Å². The Kier molecular flexibility index (Phi) is 22.7. The summed E-state index contributed by atoms with van der Waals surface area (Å²) in [6.45, 7) is 4.19. The molecule has 0 heterocycles. The van der Waals surface area contributed by atoms with E-state index in [1.807, 2.05) is 6.08 Å². The van der Waals surface area contributed by atoms with Crippen LogP contribution in [-0.2, 0) is 4.79 Å². The van der Waals surface area contributed by atoms with E-state index in [0.717, 1.165) is 38.5 Å². The second kappa shape index (κ2) is 23.5. The molecular formula is C27H51NO3. The van der Waals surface area contributed by atoms with Gasteiger partial charge in [0.15, 0.2) is 0 Å². The minimum absolute atomic E-state index is 0.0821. The number of unbranched alkanes of at least 4 members (excludes halogenated alkanes) is 13. The maximum absolute atomic E-state index is 12.1. The van der Waals surface area contributed by atoms with Crippen molar-refractivity contribution in [3.05, 3.63) is 24.3 Å². The number of rotatable bonds is 22. The predicted octanol–water partition coefficient (Wildman–Crippen LogP) is 6.61. The normalized spacial score (nSPS) is 13.8. The quantitative estimate of drug-likeness (QED) is 0.132. The Bertz CT molecular complexity index is 448. The largest absolute Gasteiger partial charge is 0.394 e. The van der Waals surface area contributed by atoms with Crippen LogP contribution in [0.15, 0.2) is 24.3 Å². The van der Waals surface area contributed by atoms with Gasteiger partial charge in [-0.05, 0) is 38.5 Å². The van der Waals surface area contributed by atoms with Gasteiger partial charge >= 0.3 is 0 Å². The molecule has 0 aliphatic carbocycles. The highest BCUT2D eigenvalue weighted by Gasteiger charge is 2.17. The minimum Gasteiger partial charge on any atom is -0.394 e. The molecule has 0 fully saturated rings. The summed E-state index contributed by atoms with van der Waals surface area (Å²) in [6, 6.07) is -0.618. The van der Waals surface area contributed by atoms with Crippen LogP contribution in [0.3, 0.4) is 0 Å². The van der Waals surface area contributed by atoms with Crippen molar-refractivity contribution >= 4 is 5.91 Å². The second-order valence-electron chi connectivity index (χ2n) is 8.75. The first kappa shape index (κ1) is 29.9. The van der Waals surface area contributed by atoms with Gasteiger partial charge in [-0.1, -0.05) is 102 Å². The maximum Gasteiger partial charge on any atom is 0.220 e. The van der Waals surface area contributed by atoms with Crippen molar-refractivity contribution in [2.45, 2.75) is 135 Å². The molecule has 0 bridgehead atoms. The lowest BCUT2D eigenvalue weighted by molar-refractivity contribution is -0.123. The molecule has 31 heavy (non-hydrogen) atoms. The van der Waals surface area contributed by atoms with E-state index in [-0.39, 0.29) is 12.5 Å². The van der Waals surface area contributed by atoms with E-state index >= 15 is 0 Å². The number of carbonyl (C=O) groups excluding carboxylic acids is 1. The maximum atomic E-state index is 12.1. The van der Waals surface area contributed by atoms with Gasteiger partial charge in [0, 0.05) is 6.42 Å². The standard InChI is InChI=1S/C27H51NO3/c1-3-5-7-9-11-13-14-15-17-19-21-23-27(31)28-25(24-29)26(30)22-20-18-16-12-10-8-6-4-2/h9,11,20,22,25-26,29-30H,3-8,10,12-19,21,23-24H2,1-2H3,(H,28,31)/b11-9-,22-20+. The summed E-state index contributed by atoms with van der Waals surface area (Å²) in [4.78, 5) is 12.1. The van der Waals surface area contributed by atoms with E-state index < -0.39 is 12.1 Å². The van der Waals surface area contributed by atoms with Crippen molar-refractivity contribution in [3.8, 4) is 0 Å². The van der Waals surface area contributed by atoms with Crippen molar-refractivity contribution in [2.75, 3.05) is 6.61 Å². The topological polar surface area (TPSA) is 69.6 Å². The smallest absolute Gasteiger partial charge is 0.220 e. The van der Waals surface area contributed by atoms with Crippen molar-refractivity contribution in [1.82, 2.24) is 5.32 Å². The third-order valence-corrected chi connectivity index (χ3v) is 5.68. The van der Waals surface area contributed by atoms with Crippen molar-refractivity contribution in [2.24, 2.45) is 0 Å². The average molecular weight is 438 g/mol. The number of aliphatic hydroxyl groups is 2. The Morgan fingerprint density at radius 1 is 0.742 bits per heavy atom. The van der Waals surface area contributed by atoms with Crippen LogP contribution in [0.1, 0.15) is 123 Å². The lowest BCUT2D eigenvalue weighted by atomic mass is 10.1. The first-order valence-corrected chi connectivity index (χ1v) is 13.1. The summed E-state index contributed by atoms with van der Waals surface area (Å²) in [5.74, 6) is -0.0821. The van der Waals surface area contributed by atoms with Crippen LogP contribution in [0.2, 0.25) is 0 Å². The van der Waals surface area contributed by atoms with Crippen LogP contribution in [-0.4, -0.2) is 34.9 Å². The number of nitrogens with one attached hydrogen (secondary N) is 1. The monoisotopic (exact) mass is 437 g/mol. The first-order valence-electron chi connectivity index (χ1n) is 13.1. The predicted molar refractivity (Wildman–Crippen MR) is 133 cm³/mol. The zero-order valence-corrected chi connectivity index (χ0v) is 20.5. The molecule has 0 aromatic rings. The Morgan fingerprint density at radius 3 is 1.87 bits per heavy atom. The first-order chi connectivity index (χ1) is 15.2. The third kappa shape index (κ3) is 20.5. The molecular weight excluding hydrogens is 386 g/mol. The van der Waals surface area contributed by atoms with Gasteiger partial charge in [0.05, 0.1) is 18.8 Å². The molecule has 4 heteroatoms. The molecule has 0 aromatic carbocycles. The fourth-order valence-corrected chi connectivity index (χ4v) is 3.57. The van der Waals surface area contributed by atoms with Gasteiger partial charge in [-0.15, -0.1) is 0 Å². The summed E-state index contributed by atoms with van der Waals surface area (Å²) in [7, 11) is 0. The van der Waals surface area contributed by atoms with Gasteiger partial charge in [0.1, 0.15) is 0 Å². The summed E-state index contributed by atoms with van der Waals surface area (Å²) in [5.41, 5.74) is 0. The van der Waals surface area contributed by atoms with Gasteiger partial charge in [0.2, 0.25) is 5.91 Å². The number of allylic oxidation sites excluding steroid dienone is 3. The fraction of sp³-hybridized carbons (Fsp3) is 0.815. The number of aliphatic hydroxyl groups excluding tert-OH is 2. The van der Waals surface area contributed by atoms with Crippen LogP contribution in [0.5, 0.6) is 0 Å². The van der Waals surface area contributed by atoms with Crippen LogP contribution >= 0.6 is 0 Å². The van der Waals surface area contributed by atoms with E-state index in [2.05, 4.69) is 31.3 Å². The second-order valence-corrected chi connectivity index (χ2v) is 8.75. The van der Waals surface area contributed by atoms with Gasteiger partial charge in [0.25, 0.3) is 0 Å². The number of carbonyl (C=O) groups is 1. The Morgan fingerprint density at radius 2 is 1.26 bits per heavy atom.